The fourth-order valence-corrected chi connectivity index (χ4v) is 2.42. The smallest absolute Gasteiger partial charge is 0.283 e. The lowest BCUT2D eigenvalue weighted by molar-refractivity contribution is -0.119. The highest BCUT2D eigenvalue weighted by Crippen LogP contribution is 2.36. The number of hydrogen-bond acceptors (Lipinski definition) is 2. The van der Waals surface area contributed by atoms with E-state index < -0.39 is 76.0 Å². The van der Waals surface area contributed by atoms with Gasteiger partial charge in [0.05, 0.1) is 5.02 Å². The first-order valence-corrected chi connectivity index (χ1v) is 7.44. The Labute approximate surface area is 154 Å². The highest BCUT2D eigenvalue weighted by atomic mass is 35.5. The largest absolute Gasteiger partial charge is 0.319 e. The molecule has 1 aromatic carbocycles. The minimum absolute atomic E-state index is 0.0654. The zero-order valence-electron chi connectivity index (χ0n) is 13.3. The van der Waals surface area contributed by atoms with Crippen molar-refractivity contribution in [2.45, 2.75) is 25.8 Å². The highest BCUT2D eigenvalue weighted by molar-refractivity contribution is 6.32. The topological polar surface area (TPSA) is 46.9 Å². The number of halogens is 10. The van der Waals surface area contributed by atoms with Crippen molar-refractivity contribution < 1.29 is 44.3 Å². The summed E-state index contributed by atoms with van der Waals surface area (Å²) in [5.41, 5.74) is -4.33. The van der Waals surface area contributed by atoms with Crippen LogP contribution in [0.15, 0.2) is 0 Å². The van der Waals surface area contributed by atoms with E-state index in [0.717, 1.165) is 6.92 Å². The first kappa shape index (κ1) is 21.9. The van der Waals surface area contributed by atoms with Crippen molar-refractivity contribution in [3.63, 3.8) is 0 Å². The van der Waals surface area contributed by atoms with E-state index in [4.69, 9.17) is 11.6 Å². The molecule has 2 aromatic rings. The number of nitrogens with one attached hydrogen (secondary N) is 1. The molecular formula is C14H7ClF9N3O. The van der Waals surface area contributed by atoms with Crippen LogP contribution < -0.4 is 5.32 Å². The first-order valence-electron chi connectivity index (χ1n) is 7.06. The van der Waals surface area contributed by atoms with Crippen LogP contribution in [0.1, 0.15) is 37.2 Å². The Bertz CT molecular complexity index is 903. The number of hydrogen-bond donors (Lipinski definition) is 1. The molecule has 0 fully saturated rings. The fourth-order valence-electron chi connectivity index (χ4n) is 2.13. The molecule has 1 aromatic heterocycles. The maximum Gasteiger partial charge on any atom is 0.283 e. The average Bonchev–Trinajstić information content (AvgIpc) is 2.98. The molecule has 1 atom stereocenters. The Hall–Kier alpha value is -2.44. The average molecular weight is 440 g/mol. The molecule has 4 nitrogen and oxygen atoms in total. The number of carbonyl (C=O) groups excluding carboxylic acids is 1. The van der Waals surface area contributed by atoms with Crippen molar-refractivity contribution in [1.82, 2.24) is 9.78 Å². The summed E-state index contributed by atoms with van der Waals surface area (Å²) >= 11 is 5.40. The minimum Gasteiger partial charge on any atom is -0.319 e. The molecule has 0 saturated heterocycles. The summed E-state index contributed by atoms with van der Waals surface area (Å²) < 4.78 is 118. The second-order valence-electron chi connectivity index (χ2n) is 5.24. The number of benzene rings is 1. The van der Waals surface area contributed by atoms with Crippen LogP contribution >= 0.6 is 11.6 Å². The van der Waals surface area contributed by atoms with E-state index in [-0.39, 0.29) is 4.68 Å². The standard InChI is InChI=1S/C14H7ClF9N3O/c1-2(27-11(13(23)24)3(15)9(26-27)12(21)22)14(28)25-10-7(19)5(17)4(16)6(18)8(10)20/h2,12-13H,1H3,(H,25,28). The van der Waals surface area contributed by atoms with Crippen molar-refractivity contribution in [2.75, 3.05) is 5.32 Å². The molecule has 0 radical (unpaired) electrons. The van der Waals surface area contributed by atoms with Gasteiger partial charge in [0.25, 0.3) is 12.9 Å². The number of anilines is 1. The predicted octanol–water partition coefficient (Wildman–Crippen LogP) is 5.31. The van der Waals surface area contributed by atoms with Gasteiger partial charge in [-0.05, 0) is 6.92 Å². The molecule has 1 heterocycles. The maximum absolute atomic E-state index is 13.6. The van der Waals surface area contributed by atoms with Crippen LogP contribution in [0.25, 0.3) is 0 Å². The van der Waals surface area contributed by atoms with Crippen molar-refractivity contribution in [3.8, 4) is 0 Å². The number of nitrogens with zero attached hydrogens (tertiary/aromatic N) is 2. The Morgan fingerprint density at radius 2 is 1.39 bits per heavy atom. The summed E-state index contributed by atoms with van der Waals surface area (Å²) in [7, 11) is 0. The lowest BCUT2D eigenvalue weighted by Crippen LogP contribution is -2.27. The molecule has 154 valence electrons. The summed E-state index contributed by atoms with van der Waals surface area (Å²) in [5, 5.41) is 3.29. The van der Waals surface area contributed by atoms with Crippen LogP contribution in [-0.2, 0) is 4.79 Å². The van der Waals surface area contributed by atoms with Crippen molar-refractivity contribution in [1.29, 1.82) is 0 Å². The fraction of sp³-hybridized carbons (Fsp3) is 0.286. The van der Waals surface area contributed by atoms with Gasteiger partial charge in [-0.2, -0.15) is 5.10 Å². The quantitative estimate of drug-likeness (QED) is 0.390. The van der Waals surface area contributed by atoms with Crippen molar-refractivity contribution in [2.24, 2.45) is 0 Å². The molecule has 0 aliphatic rings. The monoisotopic (exact) mass is 439 g/mol. The number of carbonyl (C=O) groups is 1. The Morgan fingerprint density at radius 3 is 1.82 bits per heavy atom. The normalized spacial score (nSPS) is 12.8. The van der Waals surface area contributed by atoms with E-state index in [1.807, 2.05) is 0 Å². The summed E-state index contributed by atoms with van der Waals surface area (Å²) in [4.78, 5) is 12.1. The maximum atomic E-state index is 13.6. The third-order valence-corrected chi connectivity index (χ3v) is 3.92. The molecule has 0 saturated carbocycles. The first-order chi connectivity index (χ1) is 12.9. The van der Waals surface area contributed by atoms with Crippen LogP contribution in [0.5, 0.6) is 0 Å². The summed E-state index contributed by atoms with van der Waals surface area (Å²) in [6, 6.07) is -1.94. The summed E-state index contributed by atoms with van der Waals surface area (Å²) in [5.74, 6) is -13.6. The minimum atomic E-state index is -3.48. The van der Waals surface area contributed by atoms with Gasteiger partial charge in [-0.15, -0.1) is 0 Å². The molecule has 0 aliphatic heterocycles. The molecule has 28 heavy (non-hydrogen) atoms. The van der Waals surface area contributed by atoms with Gasteiger partial charge >= 0.3 is 0 Å². The van der Waals surface area contributed by atoms with Crippen LogP contribution in [0.2, 0.25) is 5.02 Å². The molecule has 0 bridgehead atoms. The van der Waals surface area contributed by atoms with Gasteiger partial charge in [0, 0.05) is 0 Å². The van der Waals surface area contributed by atoms with Crippen LogP contribution in [0.3, 0.4) is 0 Å². The van der Waals surface area contributed by atoms with E-state index in [9.17, 15) is 44.3 Å². The van der Waals surface area contributed by atoms with E-state index in [1.165, 1.54) is 5.32 Å². The third-order valence-electron chi connectivity index (χ3n) is 3.53. The zero-order valence-corrected chi connectivity index (χ0v) is 14.1. The van der Waals surface area contributed by atoms with Gasteiger partial charge in [-0.1, -0.05) is 11.6 Å². The van der Waals surface area contributed by atoms with Gasteiger partial charge in [0.15, 0.2) is 23.3 Å². The number of amides is 1. The number of rotatable bonds is 5. The van der Waals surface area contributed by atoms with E-state index in [1.54, 1.807) is 0 Å². The van der Waals surface area contributed by atoms with Gasteiger partial charge < -0.3 is 5.32 Å². The SMILES string of the molecule is CC(C(=O)Nc1c(F)c(F)c(F)c(F)c1F)n1nc(C(F)F)c(Cl)c1C(F)F. The summed E-state index contributed by atoms with van der Waals surface area (Å²) in [6.07, 6.45) is -6.87. The van der Waals surface area contributed by atoms with Crippen LogP contribution in [0.4, 0.5) is 45.2 Å². The van der Waals surface area contributed by atoms with E-state index in [2.05, 4.69) is 5.10 Å². The molecule has 14 heteroatoms. The third kappa shape index (κ3) is 3.62. The molecular weight excluding hydrogens is 433 g/mol. The lowest BCUT2D eigenvalue weighted by Gasteiger charge is -2.16. The zero-order chi connectivity index (χ0) is 21.5. The molecule has 1 unspecified atom stereocenters. The van der Waals surface area contributed by atoms with E-state index >= 15 is 0 Å². The van der Waals surface area contributed by atoms with Crippen LogP contribution in [0, 0.1) is 29.1 Å². The van der Waals surface area contributed by atoms with Gasteiger partial charge in [0.1, 0.15) is 23.1 Å². The number of alkyl halides is 4. The highest BCUT2D eigenvalue weighted by Gasteiger charge is 2.33. The van der Waals surface area contributed by atoms with Crippen LogP contribution in [-0.4, -0.2) is 15.7 Å². The molecule has 2 rings (SSSR count). The predicted molar refractivity (Wildman–Crippen MR) is 76.7 cm³/mol. The van der Waals surface area contributed by atoms with Gasteiger partial charge in [-0.25, -0.2) is 44.2 Å². The van der Waals surface area contributed by atoms with E-state index in [0.29, 0.717) is 0 Å². The lowest BCUT2D eigenvalue weighted by atomic mass is 10.2. The van der Waals surface area contributed by atoms with Gasteiger partial charge in [-0.3, -0.25) is 4.79 Å². The second-order valence-corrected chi connectivity index (χ2v) is 5.62. The number of aromatic nitrogens is 2. The van der Waals surface area contributed by atoms with Crippen molar-refractivity contribution >= 4 is 23.2 Å². The molecule has 0 spiro atoms. The summed E-state index contributed by atoms with van der Waals surface area (Å²) in [6.45, 7) is 0.797. The Balaban J connectivity index is 2.47. The Kier molecular flexibility index (Phi) is 6.16. The molecule has 1 amide bonds. The molecule has 1 N–H and O–H groups in total. The van der Waals surface area contributed by atoms with Crippen molar-refractivity contribution in [3.05, 3.63) is 45.5 Å². The second kappa shape index (κ2) is 7.89. The Morgan fingerprint density at radius 1 is 0.929 bits per heavy atom. The van der Waals surface area contributed by atoms with Gasteiger partial charge in [0.2, 0.25) is 11.7 Å². The molecule has 0 aliphatic carbocycles.